The molecule has 2 rings (SSSR count). The molecule has 4 N–H and O–H groups in total. The van der Waals surface area contributed by atoms with E-state index in [1.165, 1.54) is 27.0 Å². The summed E-state index contributed by atoms with van der Waals surface area (Å²) in [5, 5.41) is 4.21. The number of carbonyl (C=O) groups is 1. The zero-order valence-corrected chi connectivity index (χ0v) is 15.9. The maximum Gasteiger partial charge on any atom is 0.319 e. The molecule has 0 aliphatic carbocycles. The first-order valence-electron chi connectivity index (χ1n) is 7.69. The zero-order valence-electron chi connectivity index (χ0n) is 15.1. The van der Waals surface area contributed by atoms with Gasteiger partial charge in [0.15, 0.2) is 27.3 Å². The minimum atomic E-state index is -3.56. The first-order chi connectivity index (χ1) is 12.4. The van der Waals surface area contributed by atoms with Gasteiger partial charge in [-0.1, -0.05) is 0 Å². The van der Waals surface area contributed by atoms with Gasteiger partial charge in [0, 0.05) is 24.9 Å². The van der Waals surface area contributed by atoms with Crippen molar-refractivity contribution in [1.29, 1.82) is 0 Å². The molecule has 0 aliphatic rings. The maximum absolute atomic E-state index is 14.3. The molecule has 8 nitrogen and oxygen atoms in total. The third-order valence-electron chi connectivity index (χ3n) is 4.06. The van der Waals surface area contributed by atoms with Crippen molar-refractivity contribution in [2.75, 3.05) is 24.4 Å². The SMILES string of the molecule is CNC(=O)Nc1c(F)cc(-c2nc(N)cc(C(C)(C)S(C)(=O)=O)n2)cc1F. The number of nitrogen functional groups attached to an aromatic ring is 1. The number of sulfone groups is 1. The Hall–Kier alpha value is -2.82. The van der Waals surface area contributed by atoms with Crippen LogP contribution in [0, 0.1) is 11.6 Å². The number of hydrogen-bond acceptors (Lipinski definition) is 6. The van der Waals surface area contributed by atoms with Gasteiger partial charge in [0.1, 0.15) is 16.3 Å². The Labute approximate surface area is 155 Å². The number of nitrogens with one attached hydrogen (secondary N) is 2. The van der Waals surface area contributed by atoms with Crippen LogP contribution in [-0.4, -0.2) is 37.7 Å². The Morgan fingerprint density at radius 2 is 1.70 bits per heavy atom. The van der Waals surface area contributed by atoms with Crippen LogP contribution in [0.15, 0.2) is 18.2 Å². The van der Waals surface area contributed by atoms with E-state index in [1.54, 1.807) is 0 Å². The largest absolute Gasteiger partial charge is 0.384 e. The van der Waals surface area contributed by atoms with E-state index in [0.717, 1.165) is 18.4 Å². The van der Waals surface area contributed by atoms with Crippen LogP contribution in [0.4, 0.5) is 25.1 Å². The molecule has 1 heterocycles. The molecule has 0 aliphatic heterocycles. The van der Waals surface area contributed by atoms with Gasteiger partial charge in [-0.2, -0.15) is 0 Å². The molecular weight excluding hydrogens is 380 g/mol. The average molecular weight is 399 g/mol. The second-order valence-electron chi connectivity index (χ2n) is 6.30. The molecule has 27 heavy (non-hydrogen) atoms. The zero-order chi connectivity index (χ0) is 20.6. The van der Waals surface area contributed by atoms with Crippen molar-refractivity contribution in [3.05, 3.63) is 35.5 Å². The minimum absolute atomic E-state index is 0.0555. The average Bonchev–Trinajstić information content (AvgIpc) is 2.56. The summed E-state index contributed by atoms with van der Waals surface area (Å²) in [4.78, 5) is 19.3. The first kappa shape index (κ1) is 20.5. The standard InChI is InChI=1S/C16H19F2N5O3S/c1-16(2,27(4,25)26)11-7-12(19)22-14(21-11)8-5-9(17)13(10(18)6-8)23-15(24)20-3/h5-7H,1-4H3,(H2,19,21,22)(H2,20,23,24). The van der Waals surface area contributed by atoms with E-state index in [-0.39, 0.29) is 22.9 Å². The van der Waals surface area contributed by atoms with Crippen LogP contribution in [0.2, 0.25) is 0 Å². The molecule has 0 spiro atoms. The molecule has 2 amide bonds. The van der Waals surface area contributed by atoms with Gasteiger partial charge in [0.2, 0.25) is 0 Å². The Morgan fingerprint density at radius 1 is 1.15 bits per heavy atom. The summed E-state index contributed by atoms with van der Waals surface area (Å²) in [6, 6.07) is 2.33. The van der Waals surface area contributed by atoms with E-state index in [9.17, 15) is 22.0 Å². The predicted molar refractivity (Wildman–Crippen MR) is 97.7 cm³/mol. The lowest BCUT2D eigenvalue weighted by Crippen LogP contribution is -2.29. The van der Waals surface area contributed by atoms with Gasteiger partial charge >= 0.3 is 6.03 Å². The number of hydrogen-bond donors (Lipinski definition) is 3. The van der Waals surface area contributed by atoms with Gasteiger partial charge in [-0.15, -0.1) is 0 Å². The second kappa shape index (κ2) is 7.06. The van der Waals surface area contributed by atoms with Gasteiger partial charge in [-0.3, -0.25) is 0 Å². The number of benzene rings is 1. The summed E-state index contributed by atoms with van der Waals surface area (Å²) in [5.74, 6) is -2.31. The Balaban J connectivity index is 2.58. The number of urea groups is 1. The second-order valence-corrected chi connectivity index (χ2v) is 8.87. The highest BCUT2D eigenvalue weighted by Crippen LogP contribution is 2.31. The van der Waals surface area contributed by atoms with Crippen LogP contribution in [0.3, 0.4) is 0 Å². The predicted octanol–water partition coefficient (Wildman–Crippen LogP) is 2.03. The Morgan fingerprint density at radius 3 is 2.19 bits per heavy atom. The monoisotopic (exact) mass is 399 g/mol. The van der Waals surface area contributed by atoms with E-state index in [0.29, 0.717) is 0 Å². The van der Waals surface area contributed by atoms with Crippen molar-refractivity contribution in [3.63, 3.8) is 0 Å². The molecule has 0 unspecified atom stereocenters. The van der Waals surface area contributed by atoms with E-state index < -0.39 is 37.9 Å². The van der Waals surface area contributed by atoms with Crippen molar-refractivity contribution < 1.29 is 22.0 Å². The van der Waals surface area contributed by atoms with Gasteiger partial charge in [-0.25, -0.2) is 32.0 Å². The first-order valence-corrected chi connectivity index (χ1v) is 9.58. The normalized spacial score (nSPS) is 11.9. The van der Waals surface area contributed by atoms with E-state index in [4.69, 9.17) is 5.73 Å². The van der Waals surface area contributed by atoms with Crippen molar-refractivity contribution in [2.45, 2.75) is 18.6 Å². The van der Waals surface area contributed by atoms with Gasteiger partial charge in [0.25, 0.3) is 0 Å². The molecule has 0 atom stereocenters. The van der Waals surface area contributed by atoms with Crippen molar-refractivity contribution in [2.24, 2.45) is 0 Å². The molecule has 0 fully saturated rings. The van der Waals surface area contributed by atoms with Crippen LogP contribution >= 0.6 is 0 Å². The molecule has 11 heteroatoms. The fourth-order valence-electron chi connectivity index (χ4n) is 2.09. The number of aromatic nitrogens is 2. The molecule has 0 radical (unpaired) electrons. The maximum atomic E-state index is 14.3. The lowest BCUT2D eigenvalue weighted by atomic mass is 10.1. The number of nitrogens with zero attached hydrogens (tertiary/aromatic N) is 2. The van der Waals surface area contributed by atoms with Crippen LogP contribution in [0.25, 0.3) is 11.4 Å². The number of nitrogens with two attached hydrogens (primary N) is 1. The fourth-order valence-corrected chi connectivity index (χ4v) is 2.58. The highest BCUT2D eigenvalue weighted by Gasteiger charge is 2.34. The smallest absolute Gasteiger partial charge is 0.319 e. The van der Waals surface area contributed by atoms with E-state index in [2.05, 4.69) is 15.3 Å². The molecular formula is C16H19F2N5O3S. The van der Waals surface area contributed by atoms with Crippen molar-refractivity contribution in [3.8, 4) is 11.4 Å². The van der Waals surface area contributed by atoms with Crippen LogP contribution < -0.4 is 16.4 Å². The summed E-state index contributed by atoms with van der Waals surface area (Å²) in [6.45, 7) is 2.87. The Bertz CT molecular complexity index is 986. The van der Waals surface area contributed by atoms with Gasteiger partial charge < -0.3 is 16.4 Å². The van der Waals surface area contributed by atoms with Gasteiger partial charge in [0.05, 0.1) is 5.69 Å². The number of rotatable bonds is 4. The lowest BCUT2D eigenvalue weighted by Gasteiger charge is -2.22. The molecule has 0 bridgehead atoms. The summed E-state index contributed by atoms with van der Waals surface area (Å²) in [6.07, 6.45) is 1.05. The molecule has 1 aromatic heterocycles. The van der Waals surface area contributed by atoms with E-state index >= 15 is 0 Å². The van der Waals surface area contributed by atoms with Crippen LogP contribution in [-0.2, 0) is 14.6 Å². The van der Waals surface area contributed by atoms with Crippen LogP contribution in [0.1, 0.15) is 19.5 Å². The molecule has 2 aromatic rings. The third-order valence-corrected chi connectivity index (χ3v) is 6.12. The van der Waals surface area contributed by atoms with Gasteiger partial charge in [-0.05, 0) is 26.0 Å². The summed E-state index contributed by atoms with van der Waals surface area (Å²) >= 11 is 0. The highest BCUT2D eigenvalue weighted by atomic mass is 32.2. The molecule has 1 aromatic carbocycles. The highest BCUT2D eigenvalue weighted by molar-refractivity contribution is 7.91. The number of anilines is 2. The summed E-state index contributed by atoms with van der Waals surface area (Å²) < 4.78 is 51.2. The molecule has 146 valence electrons. The summed E-state index contributed by atoms with van der Waals surface area (Å²) in [7, 11) is -2.26. The number of amides is 2. The minimum Gasteiger partial charge on any atom is -0.384 e. The number of halogens is 2. The van der Waals surface area contributed by atoms with E-state index in [1.807, 2.05) is 5.32 Å². The topological polar surface area (TPSA) is 127 Å². The molecule has 0 saturated carbocycles. The Kier molecular flexibility index (Phi) is 5.36. The number of carbonyl (C=O) groups excluding carboxylic acids is 1. The quantitative estimate of drug-likeness (QED) is 0.722. The molecule has 0 saturated heterocycles. The third kappa shape index (κ3) is 4.13. The van der Waals surface area contributed by atoms with Crippen molar-refractivity contribution >= 4 is 27.4 Å². The van der Waals surface area contributed by atoms with Crippen molar-refractivity contribution in [1.82, 2.24) is 15.3 Å². The fraction of sp³-hybridized carbons (Fsp3) is 0.312. The van der Waals surface area contributed by atoms with Crippen LogP contribution in [0.5, 0.6) is 0 Å². The summed E-state index contributed by atoms with van der Waals surface area (Å²) in [5.41, 5.74) is 5.11. The lowest BCUT2D eigenvalue weighted by molar-refractivity contribution is 0.253.